The second-order valence-electron chi connectivity index (χ2n) is 9.01. The first-order valence-corrected chi connectivity index (χ1v) is 11.7. The number of hydrogen-bond donors (Lipinski definition) is 0. The number of ether oxygens (including phenoxy) is 2. The maximum Gasteiger partial charge on any atom is 0.161 e. The fourth-order valence-corrected chi connectivity index (χ4v) is 5.16. The van der Waals surface area contributed by atoms with Crippen LogP contribution in [0, 0.1) is 0 Å². The van der Waals surface area contributed by atoms with Gasteiger partial charge in [-0.2, -0.15) is 0 Å². The zero-order valence-corrected chi connectivity index (χ0v) is 18.8. The molecule has 2 aliphatic heterocycles. The lowest BCUT2D eigenvalue weighted by Gasteiger charge is -2.33. The minimum Gasteiger partial charge on any atom is -0.472 e. The first-order chi connectivity index (χ1) is 16.8. The zero-order chi connectivity index (χ0) is 22.5. The Balaban J connectivity index is 1.11. The van der Waals surface area contributed by atoms with Gasteiger partial charge in [-0.15, -0.1) is 0 Å². The summed E-state index contributed by atoms with van der Waals surface area (Å²) in [5, 5.41) is 4.82. The van der Waals surface area contributed by atoms with Crippen LogP contribution in [0.15, 0.2) is 97.1 Å². The SMILES string of the molecule is c1ccc2c3c(ccc2c1)CN(c1ccc(N2COc4c(ccc5ccccc45)C2)cc1)CO3. The maximum absolute atomic E-state index is 6.22. The van der Waals surface area contributed by atoms with E-state index in [1.165, 1.54) is 32.7 Å². The molecule has 0 unspecified atom stereocenters. The summed E-state index contributed by atoms with van der Waals surface area (Å²) in [4.78, 5) is 4.55. The fraction of sp³-hybridized carbons (Fsp3) is 0.133. The van der Waals surface area contributed by atoms with E-state index in [2.05, 4.69) is 107 Å². The lowest BCUT2D eigenvalue weighted by Crippen LogP contribution is -2.33. The zero-order valence-electron chi connectivity index (χ0n) is 18.8. The molecular formula is C30H24N2O2. The molecule has 0 saturated carbocycles. The lowest BCUT2D eigenvalue weighted by atomic mass is 10.0. The van der Waals surface area contributed by atoms with Gasteiger partial charge in [0.2, 0.25) is 0 Å². The third-order valence-corrected chi connectivity index (χ3v) is 6.95. The van der Waals surface area contributed by atoms with E-state index in [9.17, 15) is 0 Å². The van der Waals surface area contributed by atoms with Gasteiger partial charge >= 0.3 is 0 Å². The van der Waals surface area contributed by atoms with Crippen LogP contribution in [0.4, 0.5) is 11.4 Å². The summed E-state index contributed by atoms with van der Waals surface area (Å²) >= 11 is 0. The molecule has 0 aromatic heterocycles. The molecule has 0 radical (unpaired) electrons. The van der Waals surface area contributed by atoms with Crippen molar-refractivity contribution in [2.45, 2.75) is 13.1 Å². The number of anilines is 2. The van der Waals surface area contributed by atoms with Gasteiger partial charge in [-0.3, -0.25) is 0 Å². The van der Waals surface area contributed by atoms with E-state index in [0.717, 1.165) is 36.0 Å². The van der Waals surface area contributed by atoms with Crippen molar-refractivity contribution >= 4 is 32.9 Å². The highest BCUT2D eigenvalue weighted by molar-refractivity contribution is 5.91. The van der Waals surface area contributed by atoms with Crippen molar-refractivity contribution in [2.75, 3.05) is 23.3 Å². The van der Waals surface area contributed by atoms with Gasteiger partial charge in [-0.05, 0) is 35.0 Å². The summed E-state index contributed by atoms with van der Waals surface area (Å²) in [5.41, 5.74) is 4.77. The molecule has 4 nitrogen and oxygen atoms in total. The van der Waals surface area contributed by atoms with Crippen LogP contribution in [0.1, 0.15) is 11.1 Å². The van der Waals surface area contributed by atoms with E-state index in [1.807, 2.05) is 0 Å². The minimum atomic E-state index is 0.549. The predicted octanol–water partition coefficient (Wildman–Crippen LogP) is 6.71. The molecule has 5 aromatic rings. The van der Waals surface area contributed by atoms with Gasteiger partial charge in [0.25, 0.3) is 0 Å². The topological polar surface area (TPSA) is 24.9 Å². The smallest absolute Gasteiger partial charge is 0.161 e. The van der Waals surface area contributed by atoms with Crippen molar-refractivity contribution in [1.29, 1.82) is 0 Å². The molecule has 0 bridgehead atoms. The number of rotatable bonds is 2. The first kappa shape index (κ1) is 19.3. The van der Waals surface area contributed by atoms with Gasteiger partial charge in [0, 0.05) is 46.4 Å². The van der Waals surface area contributed by atoms with E-state index < -0.39 is 0 Å². The molecule has 34 heavy (non-hydrogen) atoms. The third-order valence-electron chi connectivity index (χ3n) is 6.95. The number of hydrogen-bond acceptors (Lipinski definition) is 4. The minimum absolute atomic E-state index is 0.549. The van der Waals surface area contributed by atoms with Crippen molar-refractivity contribution < 1.29 is 9.47 Å². The number of fused-ring (bicyclic) bond motifs is 6. The van der Waals surface area contributed by atoms with Gasteiger partial charge in [0.15, 0.2) is 13.5 Å². The van der Waals surface area contributed by atoms with E-state index in [0.29, 0.717) is 13.5 Å². The maximum atomic E-state index is 6.22. The van der Waals surface area contributed by atoms with Crippen LogP contribution in [0.3, 0.4) is 0 Å². The van der Waals surface area contributed by atoms with Crippen LogP contribution in [-0.4, -0.2) is 13.5 Å². The van der Waals surface area contributed by atoms with Crippen molar-refractivity contribution in [3.8, 4) is 11.5 Å². The van der Waals surface area contributed by atoms with Crippen molar-refractivity contribution in [1.82, 2.24) is 0 Å². The van der Waals surface area contributed by atoms with E-state index in [-0.39, 0.29) is 0 Å². The normalized spacial score (nSPS) is 14.9. The number of nitrogens with zero attached hydrogens (tertiary/aromatic N) is 2. The molecule has 2 heterocycles. The first-order valence-electron chi connectivity index (χ1n) is 11.7. The molecule has 166 valence electrons. The molecule has 0 saturated heterocycles. The molecule has 0 fully saturated rings. The summed E-state index contributed by atoms with van der Waals surface area (Å²) in [6.07, 6.45) is 0. The highest BCUT2D eigenvalue weighted by atomic mass is 16.5. The van der Waals surface area contributed by atoms with Crippen LogP contribution >= 0.6 is 0 Å². The standard InChI is InChI=1S/C30H24N2O2/c1-3-7-27-21(5-1)9-11-23-17-31(19-33-29(23)27)25-13-15-26(16-14-25)32-18-24-12-10-22-6-2-4-8-28(22)30(24)34-20-32/h1-16H,17-20H2. The highest BCUT2D eigenvalue weighted by Crippen LogP contribution is 2.37. The van der Waals surface area contributed by atoms with Gasteiger partial charge in [0.05, 0.1) is 0 Å². The predicted molar refractivity (Wildman–Crippen MR) is 138 cm³/mol. The Hall–Kier alpha value is -4.18. The Morgan fingerprint density at radius 1 is 0.471 bits per heavy atom. The molecular weight excluding hydrogens is 420 g/mol. The summed E-state index contributed by atoms with van der Waals surface area (Å²) in [6.45, 7) is 2.78. The highest BCUT2D eigenvalue weighted by Gasteiger charge is 2.22. The van der Waals surface area contributed by atoms with Gasteiger partial charge in [0.1, 0.15) is 11.5 Å². The molecule has 5 aromatic carbocycles. The molecule has 7 rings (SSSR count). The van der Waals surface area contributed by atoms with Crippen LogP contribution in [-0.2, 0) is 13.1 Å². The molecule has 4 heteroatoms. The molecule has 0 spiro atoms. The molecule has 0 N–H and O–H groups in total. The van der Waals surface area contributed by atoms with E-state index in [1.54, 1.807) is 0 Å². The van der Waals surface area contributed by atoms with Crippen molar-refractivity contribution in [2.24, 2.45) is 0 Å². The van der Waals surface area contributed by atoms with Crippen LogP contribution in [0.5, 0.6) is 11.5 Å². The summed E-state index contributed by atoms with van der Waals surface area (Å²) in [6, 6.07) is 34.3. The van der Waals surface area contributed by atoms with Gasteiger partial charge in [-0.1, -0.05) is 72.8 Å². The average molecular weight is 445 g/mol. The average Bonchev–Trinajstić information content (AvgIpc) is 2.92. The Labute approximate surface area is 198 Å². The lowest BCUT2D eigenvalue weighted by molar-refractivity contribution is 0.292. The second kappa shape index (κ2) is 7.70. The molecule has 2 aliphatic rings. The van der Waals surface area contributed by atoms with Crippen LogP contribution < -0.4 is 19.3 Å². The Morgan fingerprint density at radius 2 is 0.912 bits per heavy atom. The monoisotopic (exact) mass is 444 g/mol. The molecule has 0 amide bonds. The second-order valence-corrected chi connectivity index (χ2v) is 9.01. The Bertz CT molecular complexity index is 1410. The Morgan fingerprint density at radius 3 is 1.38 bits per heavy atom. The van der Waals surface area contributed by atoms with Gasteiger partial charge < -0.3 is 19.3 Å². The van der Waals surface area contributed by atoms with E-state index in [4.69, 9.17) is 9.47 Å². The molecule has 0 aliphatic carbocycles. The fourth-order valence-electron chi connectivity index (χ4n) is 5.16. The van der Waals surface area contributed by atoms with Crippen LogP contribution in [0.2, 0.25) is 0 Å². The van der Waals surface area contributed by atoms with Gasteiger partial charge in [-0.25, -0.2) is 0 Å². The van der Waals surface area contributed by atoms with E-state index >= 15 is 0 Å². The molecule has 0 atom stereocenters. The summed E-state index contributed by atoms with van der Waals surface area (Å²) < 4.78 is 12.4. The van der Waals surface area contributed by atoms with Crippen molar-refractivity contribution in [3.05, 3.63) is 108 Å². The van der Waals surface area contributed by atoms with Crippen molar-refractivity contribution in [3.63, 3.8) is 0 Å². The number of benzene rings is 5. The Kier molecular flexibility index (Phi) is 4.37. The summed E-state index contributed by atoms with van der Waals surface area (Å²) in [5.74, 6) is 2.03. The van der Waals surface area contributed by atoms with Crippen LogP contribution in [0.25, 0.3) is 21.5 Å². The summed E-state index contributed by atoms with van der Waals surface area (Å²) in [7, 11) is 0. The quantitative estimate of drug-likeness (QED) is 0.302. The largest absolute Gasteiger partial charge is 0.472 e. The third kappa shape index (κ3) is 3.14.